The van der Waals surface area contributed by atoms with Gasteiger partial charge in [0.1, 0.15) is 5.60 Å². The van der Waals surface area contributed by atoms with Crippen LogP contribution < -0.4 is 5.32 Å². The smallest absolute Gasteiger partial charge is 0.167 e. The lowest BCUT2D eigenvalue weighted by Crippen LogP contribution is -2.35. The predicted molar refractivity (Wildman–Crippen MR) is 61.2 cm³/mol. The van der Waals surface area contributed by atoms with Crippen molar-refractivity contribution in [1.82, 2.24) is 10.5 Å². The van der Waals surface area contributed by atoms with Gasteiger partial charge in [0.25, 0.3) is 0 Å². The quantitative estimate of drug-likeness (QED) is 0.803. The van der Waals surface area contributed by atoms with Crippen LogP contribution in [0.3, 0.4) is 0 Å². The molecule has 0 aliphatic carbocycles. The molecule has 2 atom stereocenters. The maximum absolute atomic E-state index is 9.79. The third-order valence-corrected chi connectivity index (χ3v) is 3.21. The van der Waals surface area contributed by atoms with Crippen LogP contribution >= 0.6 is 0 Å². The average molecular weight is 224 g/mol. The molecule has 4 nitrogen and oxygen atoms in total. The lowest BCUT2D eigenvalue weighted by Gasteiger charge is -2.25. The van der Waals surface area contributed by atoms with Gasteiger partial charge in [0.15, 0.2) is 5.76 Å². The molecule has 0 saturated carbocycles. The zero-order valence-electron chi connectivity index (χ0n) is 10.2. The molecule has 0 amide bonds. The van der Waals surface area contributed by atoms with E-state index in [-0.39, 0.29) is 0 Å². The molecule has 1 aromatic rings. The number of rotatable bonds is 2. The van der Waals surface area contributed by atoms with Crippen molar-refractivity contribution >= 4 is 0 Å². The van der Waals surface area contributed by atoms with Crippen molar-refractivity contribution in [1.29, 1.82) is 0 Å². The minimum absolute atomic E-state index is 0.413. The minimum atomic E-state index is -0.944. The summed E-state index contributed by atoms with van der Waals surface area (Å²) in [6, 6.07) is 2.47. The molecule has 2 heterocycles. The van der Waals surface area contributed by atoms with Gasteiger partial charge in [-0.05, 0) is 33.6 Å². The molecule has 4 heteroatoms. The minimum Gasteiger partial charge on any atom is -0.382 e. The molecule has 0 unspecified atom stereocenters. The van der Waals surface area contributed by atoms with Crippen molar-refractivity contribution in [2.24, 2.45) is 0 Å². The van der Waals surface area contributed by atoms with Gasteiger partial charge >= 0.3 is 0 Å². The second kappa shape index (κ2) is 4.18. The number of aliphatic hydroxyl groups is 1. The highest BCUT2D eigenvalue weighted by atomic mass is 16.5. The Hall–Kier alpha value is -0.870. The molecule has 1 saturated heterocycles. The number of nitrogens with zero attached hydrogens (tertiary/aromatic N) is 1. The Bertz CT molecular complexity index is 346. The molecule has 1 aliphatic rings. The molecular formula is C12H20N2O2. The molecule has 1 aliphatic heterocycles. The van der Waals surface area contributed by atoms with Crippen LogP contribution in [0.15, 0.2) is 10.6 Å². The summed E-state index contributed by atoms with van der Waals surface area (Å²) in [6.07, 6.45) is 2.29. The molecule has 90 valence electrons. The predicted octanol–water partition coefficient (Wildman–Crippen LogP) is 1.76. The molecule has 0 bridgehead atoms. The Morgan fingerprint density at radius 3 is 2.75 bits per heavy atom. The Morgan fingerprint density at radius 2 is 2.25 bits per heavy atom. The summed E-state index contributed by atoms with van der Waals surface area (Å²) in [5, 5.41) is 17.3. The zero-order valence-corrected chi connectivity index (χ0v) is 10.2. The summed E-state index contributed by atoms with van der Waals surface area (Å²) in [4.78, 5) is 0. The molecular weight excluding hydrogens is 204 g/mol. The van der Waals surface area contributed by atoms with Gasteiger partial charge in [-0.15, -0.1) is 0 Å². The van der Waals surface area contributed by atoms with Crippen LogP contribution in [0.4, 0.5) is 0 Å². The fourth-order valence-electron chi connectivity index (χ4n) is 2.02. The summed E-state index contributed by atoms with van der Waals surface area (Å²) >= 11 is 0. The normalized spacial score (nSPS) is 27.0. The molecule has 1 aromatic heterocycles. The summed E-state index contributed by atoms with van der Waals surface area (Å²) in [5.41, 5.74) is 0.0113. The molecule has 16 heavy (non-hydrogen) atoms. The number of aromatic nitrogens is 1. The van der Waals surface area contributed by atoms with Crippen LogP contribution in [-0.4, -0.2) is 22.8 Å². The van der Waals surface area contributed by atoms with Gasteiger partial charge in [-0.1, -0.05) is 5.16 Å². The van der Waals surface area contributed by atoms with Gasteiger partial charge in [-0.2, -0.15) is 0 Å². The maximum atomic E-state index is 9.79. The van der Waals surface area contributed by atoms with Gasteiger partial charge in [0, 0.05) is 24.6 Å². The van der Waals surface area contributed by atoms with Crippen LogP contribution in [0.2, 0.25) is 0 Å². The highest BCUT2D eigenvalue weighted by molar-refractivity contribution is 5.15. The second-order valence-electron chi connectivity index (χ2n) is 5.26. The van der Waals surface area contributed by atoms with Crippen LogP contribution in [0, 0.1) is 0 Å². The Labute approximate surface area is 96.0 Å². The van der Waals surface area contributed by atoms with E-state index in [0.717, 1.165) is 25.1 Å². The van der Waals surface area contributed by atoms with Crippen LogP contribution in [0.5, 0.6) is 0 Å². The number of hydrogen-bond acceptors (Lipinski definition) is 4. The van der Waals surface area contributed by atoms with Gasteiger partial charge < -0.3 is 14.9 Å². The topological polar surface area (TPSA) is 58.3 Å². The van der Waals surface area contributed by atoms with E-state index in [9.17, 15) is 5.11 Å². The first-order valence-electron chi connectivity index (χ1n) is 5.89. The molecule has 0 aromatic carbocycles. The van der Waals surface area contributed by atoms with E-state index in [2.05, 4.69) is 17.4 Å². The lowest BCUT2D eigenvalue weighted by molar-refractivity contribution is 0.0474. The second-order valence-corrected chi connectivity index (χ2v) is 5.26. The van der Waals surface area contributed by atoms with E-state index < -0.39 is 5.60 Å². The maximum Gasteiger partial charge on any atom is 0.167 e. The first-order valence-corrected chi connectivity index (χ1v) is 5.89. The van der Waals surface area contributed by atoms with Crippen molar-refractivity contribution in [3.05, 3.63) is 17.5 Å². The fraction of sp³-hybridized carbons (Fsp3) is 0.750. The fourth-order valence-corrected chi connectivity index (χ4v) is 2.02. The van der Waals surface area contributed by atoms with Crippen molar-refractivity contribution < 1.29 is 9.63 Å². The van der Waals surface area contributed by atoms with Crippen molar-refractivity contribution in [2.75, 3.05) is 6.54 Å². The van der Waals surface area contributed by atoms with E-state index in [1.807, 2.05) is 6.07 Å². The van der Waals surface area contributed by atoms with Crippen molar-refractivity contribution in [2.45, 2.75) is 51.2 Å². The zero-order chi connectivity index (χ0) is 11.8. The Morgan fingerprint density at radius 1 is 1.50 bits per heavy atom. The molecule has 0 radical (unpaired) electrons. The standard InChI is InChI=1S/C12H20N2O2/c1-8-4-5-9(7-13-8)10-6-11(16-14-10)12(2,3)15/h6,8-9,13,15H,4-5,7H2,1-3H3/t8-,9-/m1/s1. The third kappa shape index (κ3) is 2.44. The summed E-state index contributed by atoms with van der Waals surface area (Å²) in [5.74, 6) is 0.956. The number of nitrogens with one attached hydrogen (secondary N) is 1. The van der Waals surface area contributed by atoms with Gasteiger partial charge in [-0.25, -0.2) is 0 Å². The van der Waals surface area contributed by atoms with Gasteiger partial charge in [0.2, 0.25) is 0 Å². The Balaban J connectivity index is 2.08. The monoisotopic (exact) mass is 224 g/mol. The van der Waals surface area contributed by atoms with Crippen LogP contribution in [0.25, 0.3) is 0 Å². The number of piperidine rings is 1. The largest absolute Gasteiger partial charge is 0.382 e. The van der Waals surface area contributed by atoms with E-state index >= 15 is 0 Å². The number of hydrogen-bond donors (Lipinski definition) is 2. The van der Waals surface area contributed by atoms with E-state index in [1.54, 1.807) is 13.8 Å². The molecule has 2 N–H and O–H groups in total. The van der Waals surface area contributed by atoms with Crippen LogP contribution in [0.1, 0.15) is 51.0 Å². The summed E-state index contributed by atoms with van der Waals surface area (Å²) in [7, 11) is 0. The summed E-state index contributed by atoms with van der Waals surface area (Å²) in [6.45, 7) is 6.55. The van der Waals surface area contributed by atoms with Gasteiger partial charge in [0.05, 0.1) is 5.69 Å². The van der Waals surface area contributed by atoms with E-state index in [1.165, 1.54) is 0 Å². The summed E-state index contributed by atoms with van der Waals surface area (Å²) < 4.78 is 5.18. The lowest BCUT2D eigenvalue weighted by atomic mass is 9.92. The SMILES string of the molecule is C[C@@H]1CC[C@@H](c2cc(C(C)(C)O)on2)CN1. The van der Waals surface area contributed by atoms with Crippen molar-refractivity contribution in [3.8, 4) is 0 Å². The molecule has 0 spiro atoms. The van der Waals surface area contributed by atoms with Crippen molar-refractivity contribution in [3.63, 3.8) is 0 Å². The highest BCUT2D eigenvalue weighted by Gasteiger charge is 2.26. The van der Waals surface area contributed by atoms with E-state index in [0.29, 0.717) is 17.7 Å². The Kier molecular flexibility index (Phi) is 3.04. The molecule has 2 rings (SSSR count). The first-order chi connectivity index (χ1) is 7.47. The first kappa shape index (κ1) is 11.6. The third-order valence-electron chi connectivity index (χ3n) is 3.21. The van der Waals surface area contributed by atoms with Crippen LogP contribution in [-0.2, 0) is 5.60 Å². The van der Waals surface area contributed by atoms with Gasteiger partial charge in [-0.3, -0.25) is 0 Å². The average Bonchev–Trinajstić information content (AvgIpc) is 2.67. The highest BCUT2D eigenvalue weighted by Crippen LogP contribution is 2.28. The molecule has 1 fully saturated rings. The van der Waals surface area contributed by atoms with E-state index in [4.69, 9.17) is 4.52 Å².